The summed E-state index contributed by atoms with van der Waals surface area (Å²) in [6, 6.07) is 16.2. The molecule has 1 aliphatic heterocycles. The van der Waals surface area contributed by atoms with E-state index in [-0.39, 0.29) is 12.5 Å². The average molecular weight is 397 g/mol. The lowest BCUT2D eigenvalue weighted by Crippen LogP contribution is -2.57. The molecule has 2 aromatic carbocycles. The van der Waals surface area contributed by atoms with Crippen molar-refractivity contribution in [1.29, 1.82) is 0 Å². The van der Waals surface area contributed by atoms with E-state index in [9.17, 15) is 9.90 Å². The topological polar surface area (TPSA) is 61.8 Å². The summed E-state index contributed by atoms with van der Waals surface area (Å²) in [6.07, 6.45) is 1.28. The first-order chi connectivity index (χ1) is 13.9. The molecule has 156 valence electrons. The fourth-order valence-electron chi connectivity index (χ4n) is 3.80. The number of aliphatic hydroxyl groups is 1. The second-order valence-electron chi connectivity index (χ2n) is 8.21. The summed E-state index contributed by atoms with van der Waals surface area (Å²) >= 11 is 0. The number of amides is 1. The van der Waals surface area contributed by atoms with Crippen molar-refractivity contribution in [2.24, 2.45) is 0 Å². The summed E-state index contributed by atoms with van der Waals surface area (Å²) < 4.78 is 5.24. The predicted molar refractivity (Wildman–Crippen MR) is 115 cm³/mol. The molecule has 3 rings (SSSR count). The van der Waals surface area contributed by atoms with Crippen molar-refractivity contribution in [2.45, 2.75) is 51.3 Å². The largest absolute Gasteiger partial charge is 0.497 e. The monoisotopic (exact) mass is 396 g/mol. The number of nitrogens with zero attached hydrogens (tertiary/aromatic N) is 1. The van der Waals surface area contributed by atoms with Crippen molar-refractivity contribution >= 4 is 5.91 Å². The number of benzene rings is 2. The molecule has 2 aromatic rings. The molecule has 0 aliphatic carbocycles. The molecule has 0 bridgehead atoms. The van der Waals surface area contributed by atoms with Crippen molar-refractivity contribution in [3.63, 3.8) is 0 Å². The Hall–Kier alpha value is -2.37. The van der Waals surface area contributed by atoms with Crippen LogP contribution in [0.4, 0.5) is 0 Å². The van der Waals surface area contributed by atoms with Gasteiger partial charge >= 0.3 is 0 Å². The second-order valence-corrected chi connectivity index (χ2v) is 8.21. The van der Waals surface area contributed by atoms with E-state index in [2.05, 4.69) is 43.4 Å². The van der Waals surface area contributed by atoms with Gasteiger partial charge in [0.1, 0.15) is 5.75 Å². The predicted octanol–water partition coefficient (Wildman–Crippen LogP) is 3.46. The van der Waals surface area contributed by atoms with Gasteiger partial charge < -0.3 is 20.1 Å². The van der Waals surface area contributed by atoms with Crippen molar-refractivity contribution in [1.82, 2.24) is 10.2 Å². The third-order valence-corrected chi connectivity index (χ3v) is 5.60. The van der Waals surface area contributed by atoms with Crippen LogP contribution in [0.15, 0.2) is 48.5 Å². The van der Waals surface area contributed by atoms with Crippen LogP contribution in [0.25, 0.3) is 0 Å². The van der Waals surface area contributed by atoms with E-state index in [1.165, 1.54) is 5.56 Å². The molecular weight excluding hydrogens is 364 g/mol. The molecule has 1 aliphatic rings. The van der Waals surface area contributed by atoms with Gasteiger partial charge in [-0.25, -0.2) is 0 Å². The zero-order valence-corrected chi connectivity index (χ0v) is 17.6. The highest BCUT2D eigenvalue weighted by atomic mass is 16.5. The van der Waals surface area contributed by atoms with Gasteiger partial charge in [0.2, 0.25) is 0 Å². The number of ether oxygens (including phenoxy) is 1. The van der Waals surface area contributed by atoms with Crippen molar-refractivity contribution in [3.05, 3.63) is 65.2 Å². The number of hydrogen-bond acceptors (Lipinski definition) is 4. The summed E-state index contributed by atoms with van der Waals surface area (Å²) in [5.41, 5.74) is 2.08. The minimum atomic E-state index is -1.35. The molecule has 0 spiro atoms. The van der Waals surface area contributed by atoms with Crippen molar-refractivity contribution < 1.29 is 14.6 Å². The first-order valence-corrected chi connectivity index (χ1v) is 10.4. The third-order valence-electron chi connectivity index (χ3n) is 5.60. The molecule has 1 heterocycles. The smallest absolute Gasteiger partial charge is 0.256 e. The van der Waals surface area contributed by atoms with E-state index in [1.807, 2.05) is 24.3 Å². The van der Waals surface area contributed by atoms with Crippen LogP contribution >= 0.6 is 0 Å². The molecule has 2 N–H and O–H groups in total. The number of carbonyl (C=O) groups is 1. The standard InChI is InChI=1S/C24H32N2O3/c1-18(2)21-10-8-19(9-11-21)16-26-13-5-12-24(28,23(26)27)17-25-15-20-6-4-7-22(14-20)29-3/h4,6-11,14,18,25,28H,5,12-13,15-17H2,1-3H3/t24-/m1/s1. The summed E-state index contributed by atoms with van der Waals surface area (Å²) in [6.45, 7) is 6.37. The Labute approximate surface area is 173 Å². The zero-order chi connectivity index (χ0) is 20.9. The fraction of sp³-hybridized carbons (Fsp3) is 0.458. The number of nitrogens with one attached hydrogen (secondary N) is 1. The van der Waals surface area contributed by atoms with E-state index in [1.54, 1.807) is 12.0 Å². The van der Waals surface area contributed by atoms with Crippen LogP contribution in [0.3, 0.4) is 0 Å². The number of carbonyl (C=O) groups excluding carboxylic acids is 1. The van der Waals surface area contributed by atoms with Crippen LogP contribution in [0.1, 0.15) is 49.3 Å². The Balaban J connectivity index is 1.58. The molecule has 1 fully saturated rings. The number of likely N-dealkylation sites (tertiary alicyclic amines) is 1. The van der Waals surface area contributed by atoms with Gasteiger partial charge in [-0.05, 0) is 47.6 Å². The molecule has 1 saturated heterocycles. The molecular formula is C24H32N2O3. The van der Waals surface area contributed by atoms with E-state index in [0.717, 1.165) is 23.3 Å². The third kappa shape index (κ3) is 5.37. The Kier molecular flexibility index (Phi) is 6.93. The molecule has 5 nitrogen and oxygen atoms in total. The van der Waals surface area contributed by atoms with Crippen LogP contribution < -0.4 is 10.1 Å². The van der Waals surface area contributed by atoms with E-state index in [0.29, 0.717) is 32.0 Å². The van der Waals surface area contributed by atoms with Crippen molar-refractivity contribution in [2.75, 3.05) is 20.2 Å². The highest BCUT2D eigenvalue weighted by Gasteiger charge is 2.41. The van der Waals surface area contributed by atoms with Crippen LogP contribution in [0.2, 0.25) is 0 Å². The van der Waals surface area contributed by atoms with E-state index >= 15 is 0 Å². The molecule has 0 aromatic heterocycles. The lowest BCUT2D eigenvalue weighted by molar-refractivity contribution is -0.157. The van der Waals surface area contributed by atoms with E-state index < -0.39 is 5.60 Å². The summed E-state index contributed by atoms with van der Waals surface area (Å²) in [7, 11) is 1.64. The zero-order valence-electron chi connectivity index (χ0n) is 17.6. The maximum atomic E-state index is 13.0. The minimum Gasteiger partial charge on any atom is -0.497 e. The first-order valence-electron chi connectivity index (χ1n) is 10.4. The summed E-state index contributed by atoms with van der Waals surface area (Å²) in [4.78, 5) is 14.8. The number of rotatable bonds is 8. The van der Waals surface area contributed by atoms with Crippen LogP contribution in [0, 0.1) is 0 Å². The molecule has 5 heteroatoms. The highest BCUT2D eigenvalue weighted by Crippen LogP contribution is 2.25. The maximum Gasteiger partial charge on any atom is 0.256 e. The van der Waals surface area contributed by atoms with Gasteiger partial charge in [-0.15, -0.1) is 0 Å². The molecule has 0 unspecified atom stereocenters. The SMILES string of the molecule is COc1cccc(CNC[C@]2(O)CCCN(Cc3ccc(C(C)C)cc3)C2=O)c1. The van der Waals surface area contributed by atoms with Gasteiger partial charge in [0.15, 0.2) is 5.60 Å². The van der Waals surface area contributed by atoms with Crippen LogP contribution in [-0.4, -0.2) is 41.7 Å². The van der Waals surface area contributed by atoms with E-state index in [4.69, 9.17) is 4.74 Å². The fourth-order valence-corrected chi connectivity index (χ4v) is 3.80. The summed E-state index contributed by atoms with van der Waals surface area (Å²) in [5.74, 6) is 1.10. The average Bonchev–Trinajstić information content (AvgIpc) is 2.72. The van der Waals surface area contributed by atoms with Gasteiger partial charge in [0.25, 0.3) is 5.91 Å². The quantitative estimate of drug-likeness (QED) is 0.717. The highest BCUT2D eigenvalue weighted by molar-refractivity contribution is 5.86. The summed E-state index contributed by atoms with van der Waals surface area (Å²) in [5, 5.41) is 14.3. The van der Waals surface area contributed by atoms with Gasteiger partial charge in [-0.1, -0.05) is 50.2 Å². The van der Waals surface area contributed by atoms with Gasteiger partial charge in [0.05, 0.1) is 7.11 Å². The molecule has 0 radical (unpaired) electrons. The molecule has 0 saturated carbocycles. The normalized spacial score (nSPS) is 19.6. The first kappa shape index (κ1) is 21.3. The Morgan fingerprint density at radius 3 is 2.62 bits per heavy atom. The van der Waals surface area contributed by atoms with Crippen LogP contribution in [-0.2, 0) is 17.9 Å². The van der Waals surface area contributed by atoms with Crippen LogP contribution in [0.5, 0.6) is 5.75 Å². The second kappa shape index (κ2) is 9.42. The van der Waals surface area contributed by atoms with Gasteiger partial charge in [-0.2, -0.15) is 0 Å². The minimum absolute atomic E-state index is 0.185. The Bertz CT molecular complexity index is 819. The molecule has 29 heavy (non-hydrogen) atoms. The number of piperidine rings is 1. The number of methoxy groups -OCH3 is 1. The lowest BCUT2D eigenvalue weighted by Gasteiger charge is -2.38. The molecule has 1 amide bonds. The Morgan fingerprint density at radius 2 is 1.93 bits per heavy atom. The number of hydrogen-bond donors (Lipinski definition) is 2. The van der Waals surface area contributed by atoms with Crippen molar-refractivity contribution in [3.8, 4) is 5.75 Å². The maximum absolute atomic E-state index is 13.0. The van der Waals surface area contributed by atoms with Gasteiger partial charge in [0, 0.05) is 26.2 Å². The lowest BCUT2D eigenvalue weighted by atomic mass is 9.91. The molecule has 1 atom stereocenters. The Morgan fingerprint density at radius 1 is 1.17 bits per heavy atom. The van der Waals surface area contributed by atoms with Gasteiger partial charge in [-0.3, -0.25) is 4.79 Å².